The van der Waals surface area contributed by atoms with Crippen molar-refractivity contribution in [1.82, 2.24) is 30.4 Å². The summed E-state index contributed by atoms with van der Waals surface area (Å²) in [6.07, 6.45) is 4.93. The summed E-state index contributed by atoms with van der Waals surface area (Å²) in [6.45, 7) is 2.66. The van der Waals surface area contributed by atoms with Gasteiger partial charge >= 0.3 is 0 Å². The fraction of sp³-hybridized carbons (Fsp3) is 0.367. The van der Waals surface area contributed by atoms with Gasteiger partial charge in [0.2, 0.25) is 5.91 Å². The van der Waals surface area contributed by atoms with Crippen LogP contribution in [0.4, 0.5) is 0 Å². The zero-order valence-electron chi connectivity index (χ0n) is 22.3. The van der Waals surface area contributed by atoms with Gasteiger partial charge in [0.1, 0.15) is 5.75 Å². The molecule has 4 aromatic rings. The highest BCUT2D eigenvalue weighted by atomic mass is 16.5. The third-order valence-corrected chi connectivity index (χ3v) is 7.81. The summed E-state index contributed by atoms with van der Waals surface area (Å²) in [6, 6.07) is 19.3. The molecule has 5 heterocycles. The number of ether oxygens (including phenoxy) is 1. The summed E-state index contributed by atoms with van der Waals surface area (Å²) >= 11 is 0. The molecule has 2 amide bonds. The standard InChI is InChI=1S/C30H32N6O4/c37-28(26-19-27(40-33-26)23-5-2-1-3-6-23)35-16-12-30(13-17-35)20-24-21-36(34-32-24)15-4-18-39-25-9-7-22(8-10-25)11-14-31-29(30)38/h1-3,5-10,19,21H,4,11-18,20H2,(H,31,38). The van der Waals surface area contributed by atoms with Gasteiger partial charge in [-0.05, 0) is 37.0 Å². The number of hydrogen-bond donors (Lipinski definition) is 1. The maximum Gasteiger partial charge on any atom is 0.276 e. The molecule has 206 valence electrons. The van der Waals surface area contributed by atoms with E-state index in [9.17, 15) is 9.59 Å². The van der Waals surface area contributed by atoms with E-state index in [2.05, 4.69) is 20.8 Å². The van der Waals surface area contributed by atoms with Crippen LogP contribution in [0.5, 0.6) is 5.75 Å². The van der Waals surface area contributed by atoms with Crippen LogP contribution in [0.15, 0.2) is 71.4 Å². The van der Waals surface area contributed by atoms with Gasteiger partial charge in [-0.1, -0.05) is 52.8 Å². The zero-order chi connectivity index (χ0) is 27.4. The molecule has 0 saturated carbocycles. The van der Waals surface area contributed by atoms with E-state index in [1.165, 1.54) is 0 Å². The summed E-state index contributed by atoms with van der Waals surface area (Å²) in [5.41, 5.74) is 2.36. The van der Waals surface area contributed by atoms with Crippen molar-refractivity contribution in [1.29, 1.82) is 0 Å². The summed E-state index contributed by atoms with van der Waals surface area (Å²) in [5, 5.41) is 15.8. The van der Waals surface area contributed by atoms with Crippen LogP contribution >= 0.6 is 0 Å². The molecule has 2 aromatic carbocycles. The van der Waals surface area contributed by atoms with Gasteiger partial charge in [-0.3, -0.25) is 14.3 Å². The second-order valence-corrected chi connectivity index (χ2v) is 10.5. The van der Waals surface area contributed by atoms with Crippen LogP contribution in [-0.4, -0.2) is 63.1 Å². The van der Waals surface area contributed by atoms with E-state index < -0.39 is 5.41 Å². The van der Waals surface area contributed by atoms with Gasteiger partial charge in [0.25, 0.3) is 5.91 Å². The second-order valence-electron chi connectivity index (χ2n) is 10.5. The molecular weight excluding hydrogens is 508 g/mol. The molecule has 0 aliphatic carbocycles. The minimum Gasteiger partial charge on any atom is -0.494 e. The highest BCUT2D eigenvalue weighted by Gasteiger charge is 2.43. The number of fused-ring (bicyclic) bond motifs is 8. The van der Waals surface area contributed by atoms with Gasteiger partial charge in [0.05, 0.1) is 17.7 Å². The van der Waals surface area contributed by atoms with Crippen molar-refractivity contribution in [2.45, 2.75) is 38.6 Å². The van der Waals surface area contributed by atoms with Crippen molar-refractivity contribution >= 4 is 11.8 Å². The lowest BCUT2D eigenvalue weighted by Gasteiger charge is -2.40. The SMILES string of the molecule is O=C(c1cc(-c2ccccc2)on1)N1CCC2(CC1)Cc1cn(nn1)CCCOc1ccc(cc1)CCNC2=O. The molecule has 7 rings (SSSR count). The first-order chi connectivity index (χ1) is 19.6. The molecule has 10 nitrogen and oxygen atoms in total. The lowest BCUT2D eigenvalue weighted by molar-refractivity contribution is -0.133. The topological polar surface area (TPSA) is 115 Å². The van der Waals surface area contributed by atoms with E-state index in [-0.39, 0.29) is 17.5 Å². The zero-order valence-corrected chi connectivity index (χ0v) is 22.3. The highest BCUT2D eigenvalue weighted by Crippen LogP contribution is 2.36. The van der Waals surface area contributed by atoms with E-state index in [0.29, 0.717) is 57.8 Å². The van der Waals surface area contributed by atoms with Crippen molar-refractivity contribution in [3.05, 3.63) is 83.8 Å². The Balaban J connectivity index is 1.17. The number of carbonyl (C=O) groups excluding carboxylic acids is 2. The predicted octanol–water partition coefficient (Wildman–Crippen LogP) is 3.54. The first-order valence-electron chi connectivity index (χ1n) is 13.8. The molecule has 1 N–H and O–H groups in total. The maximum absolute atomic E-state index is 13.7. The quantitative estimate of drug-likeness (QED) is 0.414. The molecule has 3 aliphatic rings. The van der Waals surface area contributed by atoms with Gasteiger partial charge < -0.3 is 19.5 Å². The number of rotatable bonds is 2. The number of benzene rings is 2. The predicted molar refractivity (Wildman–Crippen MR) is 147 cm³/mol. The number of nitrogens with one attached hydrogen (secondary N) is 1. The van der Waals surface area contributed by atoms with Crippen molar-refractivity contribution in [3.63, 3.8) is 0 Å². The van der Waals surface area contributed by atoms with Crippen molar-refractivity contribution in [2.24, 2.45) is 5.41 Å². The molecule has 1 spiro atoms. The molecule has 1 saturated heterocycles. The third kappa shape index (κ3) is 5.61. The van der Waals surface area contributed by atoms with Gasteiger partial charge in [-0.2, -0.15) is 0 Å². The van der Waals surface area contributed by atoms with E-state index in [1.54, 1.807) is 15.6 Å². The van der Waals surface area contributed by atoms with E-state index >= 15 is 0 Å². The Morgan fingerprint density at radius 1 is 1.00 bits per heavy atom. The number of likely N-dealkylation sites (tertiary alicyclic amines) is 1. The number of amides is 2. The molecule has 4 bridgehead atoms. The summed E-state index contributed by atoms with van der Waals surface area (Å²) < 4.78 is 13.1. The van der Waals surface area contributed by atoms with Crippen LogP contribution in [0.3, 0.4) is 0 Å². The van der Waals surface area contributed by atoms with Gasteiger partial charge in [0.15, 0.2) is 11.5 Å². The first-order valence-corrected chi connectivity index (χ1v) is 13.8. The fourth-order valence-electron chi connectivity index (χ4n) is 5.45. The Kier molecular flexibility index (Phi) is 7.31. The summed E-state index contributed by atoms with van der Waals surface area (Å²) in [5.74, 6) is 1.18. The average Bonchev–Trinajstić information content (AvgIpc) is 3.66. The number of hydrogen-bond acceptors (Lipinski definition) is 7. The fourth-order valence-corrected chi connectivity index (χ4v) is 5.45. The van der Waals surface area contributed by atoms with E-state index in [0.717, 1.165) is 35.4 Å². The molecule has 40 heavy (non-hydrogen) atoms. The van der Waals surface area contributed by atoms with Gasteiger partial charge in [0, 0.05) is 56.8 Å². The Morgan fingerprint density at radius 3 is 2.60 bits per heavy atom. The Morgan fingerprint density at radius 2 is 1.80 bits per heavy atom. The van der Waals surface area contributed by atoms with E-state index in [1.807, 2.05) is 60.8 Å². The number of aromatic nitrogens is 4. The third-order valence-electron chi connectivity index (χ3n) is 7.81. The largest absolute Gasteiger partial charge is 0.494 e. The number of aryl methyl sites for hydroxylation is 1. The van der Waals surface area contributed by atoms with Gasteiger partial charge in [-0.15, -0.1) is 5.10 Å². The van der Waals surface area contributed by atoms with Crippen LogP contribution in [0.25, 0.3) is 11.3 Å². The minimum absolute atomic E-state index is 0.00813. The lowest BCUT2D eigenvalue weighted by Crippen LogP contribution is -2.51. The monoisotopic (exact) mass is 540 g/mol. The molecule has 0 radical (unpaired) electrons. The Labute approximate surface area is 232 Å². The van der Waals surface area contributed by atoms with Crippen LogP contribution in [-0.2, 0) is 24.2 Å². The van der Waals surface area contributed by atoms with Crippen molar-refractivity contribution < 1.29 is 18.8 Å². The minimum atomic E-state index is -0.683. The number of carbonyl (C=O) groups is 2. The molecule has 0 atom stereocenters. The molecule has 0 unspecified atom stereocenters. The second kappa shape index (κ2) is 11.3. The van der Waals surface area contributed by atoms with Gasteiger partial charge in [-0.25, -0.2) is 0 Å². The molecule has 10 heteroatoms. The maximum atomic E-state index is 13.7. The highest BCUT2D eigenvalue weighted by molar-refractivity contribution is 5.93. The first kappa shape index (κ1) is 25.8. The van der Waals surface area contributed by atoms with Crippen LogP contribution in [0.2, 0.25) is 0 Å². The van der Waals surface area contributed by atoms with Crippen LogP contribution in [0.1, 0.15) is 41.0 Å². The van der Waals surface area contributed by atoms with Crippen molar-refractivity contribution in [2.75, 3.05) is 26.2 Å². The lowest BCUT2D eigenvalue weighted by atomic mass is 9.74. The summed E-state index contributed by atoms with van der Waals surface area (Å²) in [4.78, 5) is 28.7. The normalized spacial score (nSPS) is 17.7. The number of piperidine rings is 1. The number of nitrogens with zero attached hydrogens (tertiary/aromatic N) is 5. The van der Waals surface area contributed by atoms with Crippen LogP contribution < -0.4 is 10.1 Å². The molecule has 2 aromatic heterocycles. The summed E-state index contributed by atoms with van der Waals surface area (Å²) in [7, 11) is 0. The Hall–Kier alpha value is -4.47. The average molecular weight is 541 g/mol. The Bertz CT molecular complexity index is 1450. The molecular formula is C30H32N6O4. The molecule has 1 fully saturated rings. The smallest absolute Gasteiger partial charge is 0.276 e. The van der Waals surface area contributed by atoms with Crippen LogP contribution in [0, 0.1) is 5.41 Å². The van der Waals surface area contributed by atoms with Crippen molar-refractivity contribution in [3.8, 4) is 17.1 Å². The molecule has 3 aliphatic heterocycles. The van der Waals surface area contributed by atoms with E-state index in [4.69, 9.17) is 9.26 Å².